The van der Waals surface area contributed by atoms with Crippen molar-refractivity contribution < 1.29 is 9.21 Å². The van der Waals surface area contributed by atoms with Crippen molar-refractivity contribution in [2.24, 2.45) is 0 Å². The van der Waals surface area contributed by atoms with E-state index in [2.05, 4.69) is 21.2 Å². The number of carbonyl (C=O) groups excluding carboxylic acids is 1. The molecule has 1 amide bonds. The van der Waals surface area contributed by atoms with Crippen molar-refractivity contribution in [1.82, 2.24) is 5.32 Å². The Morgan fingerprint density at radius 1 is 1.50 bits per heavy atom. The van der Waals surface area contributed by atoms with Crippen LogP contribution in [0.2, 0.25) is 4.34 Å². The number of furan rings is 1. The topological polar surface area (TPSA) is 42.2 Å². The molecule has 0 aliphatic heterocycles. The Hall–Kier alpha value is -0.780. The van der Waals surface area contributed by atoms with E-state index in [0.29, 0.717) is 21.1 Å². The Morgan fingerprint density at radius 3 is 2.88 bits per heavy atom. The molecule has 0 unspecified atom stereocenters. The highest BCUT2D eigenvalue weighted by Gasteiger charge is 2.12. The van der Waals surface area contributed by atoms with Crippen molar-refractivity contribution in [1.29, 1.82) is 0 Å². The normalized spacial score (nSPS) is 10.4. The zero-order valence-corrected chi connectivity index (χ0v) is 11.2. The molecule has 84 valence electrons. The van der Waals surface area contributed by atoms with Gasteiger partial charge < -0.3 is 9.73 Å². The standard InChI is InChI=1S/C10H7BrClNO2S/c11-9-7(3-4-15-9)10(14)13-5-6-1-2-8(12)16-6/h1-4H,5H2,(H,13,14). The Bertz CT molecular complexity index is 508. The third kappa shape index (κ3) is 2.66. The largest absolute Gasteiger partial charge is 0.457 e. The second-order valence-electron chi connectivity index (χ2n) is 3.00. The highest BCUT2D eigenvalue weighted by atomic mass is 79.9. The number of hydrogen-bond donors (Lipinski definition) is 1. The van der Waals surface area contributed by atoms with Gasteiger partial charge in [0.15, 0.2) is 4.67 Å². The maximum Gasteiger partial charge on any atom is 0.256 e. The lowest BCUT2D eigenvalue weighted by atomic mass is 10.3. The third-order valence-electron chi connectivity index (χ3n) is 1.91. The Labute approximate surface area is 110 Å². The third-order valence-corrected chi connectivity index (χ3v) is 3.76. The van der Waals surface area contributed by atoms with Crippen LogP contribution in [0.3, 0.4) is 0 Å². The summed E-state index contributed by atoms with van der Waals surface area (Å²) < 4.78 is 6.13. The van der Waals surface area contributed by atoms with Gasteiger partial charge in [0.25, 0.3) is 5.91 Å². The van der Waals surface area contributed by atoms with Gasteiger partial charge in [-0.05, 0) is 34.1 Å². The van der Waals surface area contributed by atoms with Crippen LogP contribution in [0.4, 0.5) is 0 Å². The summed E-state index contributed by atoms with van der Waals surface area (Å²) in [6, 6.07) is 5.31. The number of rotatable bonds is 3. The Balaban J connectivity index is 1.96. The summed E-state index contributed by atoms with van der Waals surface area (Å²) in [6.45, 7) is 0.466. The molecule has 0 aromatic carbocycles. The first-order chi connectivity index (χ1) is 7.66. The predicted molar refractivity (Wildman–Crippen MR) is 66.9 cm³/mol. The van der Waals surface area contributed by atoms with E-state index in [1.165, 1.54) is 17.6 Å². The van der Waals surface area contributed by atoms with Crippen molar-refractivity contribution in [2.75, 3.05) is 0 Å². The van der Waals surface area contributed by atoms with Crippen LogP contribution in [0.5, 0.6) is 0 Å². The quantitative estimate of drug-likeness (QED) is 0.937. The van der Waals surface area contributed by atoms with Gasteiger partial charge in [-0.3, -0.25) is 4.79 Å². The fourth-order valence-electron chi connectivity index (χ4n) is 1.17. The van der Waals surface area contributed by atoms with Crippen LogP contribution >= 0.6 is 38.9 Å². The maximum atomic E-state index is 11.7. The molecule has 0 saturated carbocycles. The molecular formula is C10H7BrClNO2S. The van der Waals surface area contributed by atoms with Crippen molar-refractivity contribution in [3.8, 4) is 0 Å². The monoisotopic (exact) mass is 319 g/mol. The van der Waals surface area contributed by atoms with E-state index < -0.39 is 0 Å². The molecule has 0 aliphatic rings. The van der Waals surface area contributed by atoms with E-state index in [1.54, 1.807) is 6.07 Å². The number of thiophene rings is 1. The smallest absolute Gasteiger partial charge is 0.256 e. The minimum absolute atomic E-state index is 0.176. The summed E-state index contributed by atoms with van der Waals surface area (Å²) in [4.78, 5) is 12.7. The number of halogens is 2. The average Bonchev–Trinajstić information content (AvgIpc) is 2.84. The number of carbonyl (C=O) groups is 1. The first-order valence-corrected chi connectivity index (χ1v) is 6.41. The Morgan fingerprint density at radius 2 is 2.31 bits per heavy atom. The second kappa shape index (κ2) is 5.03. The van der Waals surface area contributed by atoms with Crippen molar-refractivity contribution in [3.05, 3.63) is 43.9 Å². The van der Waals surface area contributed by atoms with Gasteiger partial charge in [0.05, 0.1) is 22.7 Å². The van der Waals surface area contributed by atoms with Gasteiger partial charge >= 0.3 is 0 Å². The summed E-state index contributed by atoms with van der Waals surface area (Å²) in [6.07, 6.45) is 1.46. The van der Waals surface area contributed by atoms with E-state index in [4.69, 9.17) is 16.0 Å². The maximum absolute atomic E-state index is 11.7. The molecule has 0 bridgehead atoms. The molecular weight excluding hydrogens is 314 g/mol. The molecule has 0 atom stereocenters. The first kappa shape index (κ1) is 11.7. The molecule has 0 saturated heterocycles. The summed E-state index contributed by atoms with van der Waals surface area (Å²) >= 11 is 10.4. The Kier molecular flexibility index (Phi) is 3.68. The molecule has 0 aliphatic carbocycles. The summed E-state index contributed by atoms with van der Waals surface area (Å²) in [5.74, 6) is -0.176. The molecule has 0 radical (unpaired) electrons. The van der Waals surface area contributed by atoms with Gasteiger partial charge in [-0.25, -0.2) is 0 Å². The van der Waals surface area contributed by atoms with Gasteiger partial charge in [0, 0.05) is 4.88 Å². The molecule has 2 rings (SSSR count). The molecule has 2 heterocycles. The van der Waals surface area contributed by atoms with E-state index in [0.717, 1.165) is 4.88 Å². The summed E-state index contributed by atoms with van der Waals surface area (Å²) in [5, 5.41) is 2.78. The SMILES string of the molecule is O=C(NCc1ccc(Cl)s1)c1ccoc1Br. The average molecular weight is 321 g/mol. The minimum atomic E-state index is -0.176. The molecule has 6 heteroatoms. The van der Waals surface area contributed by atoms with Crippen molar-refractivity contribution in [2.45, 2.75) is 6.54 Å². The molecule has 0 fully saturated rings. The molecule has 2 aromatic rings. The highest BCUT2D eigenvalue weighted by molar-refractivity contribution is 9.10. The molecule has 0 spiro atoms. The van der Waals surface area contributed by atoms with Gasteiger partial charge in [-0.1, -0.05) is 11.6 Å². The lowest BCUT2D eigenvalue weighted by molar-refractivity contribution is 0.0949. The number of hydrogen-bond acceptors (Lipinski definition) is 3. The van der Waals surface area contributed by atoms with Crippen LogP contribution in [0.1, 0.15) is 15.2 Å². The van der Waals surface area contributed by atoms with Crippen LogP contribution < -0.4 is 5.32 Å². The van der Waals surface area contributed by atoms with E-state index in [1.807, 2.05) is 12.1 Å². The van der Waals surface area contributed by atoms with E-state index in [9.17, 15) is 4.79 Å². The lowest BCUT2D eigenvalue weighted by Crippen LogP contribution is -2.22. The molecule has 16 heavy (non-hydrogen) atoms. The fourth-order valence-corrected chi connectivity index (χ4v) is 2.61. The molecule has 2 aromatic heterocycles. The summed E-state index contributed by atoms with van der Waals surface area (Å²) in [5.41, 5.74) is 0.489. The van der Waals surface area contributed by atoms with Crippen molar-refractivity contribution >= 4 is 44.8 Å². The first-order valence-electron chi connectivity index (χ1n) is 4.42. The van der Waals surface area contributed by atoms with Crippen LogP contribution in [0, 0.1) is 0 Å². The minimum Gasteiger partial charge on any atom is -0.457 e. The van der Waals surface area contributed by atoms with Crippen molar-refractivity contribution in [3.63, 3.8) is 0 Å². The second-order valence-corrected chi connectivity index (χ2v) is 5.52. The summed E-state index contributed by atoms with van der Waals surface area (Å²) in [7, 11) is 0. The fraction of sp³-hybridized carbons (Fsp3) is 0.100. The van der Waals surface area contributed by atoms with Crippen LogP contribution in [-0.2, 0) is 6.54 Å². The molecule has 3 nitrogen and oxygen atoms in total. The molecule has 1 N–H and O–H groups in total. The van der Waals surface area contributed by atoms with Gasteiger partial charge in [0.2, 0.25) is 0 Å². The lowest BCUT2D eigenvalue weighted by Gasteiger charge is -2.01. The zero-order chi connectivity index (χ0) is 11.5. The number of nitrogens with one attached hydrogen (secondary N) is 1. The van der Waals surface area contributed by atoms with Crippen LogP contribution in [0.25, 0.3) is 0 Å². The predicted octanol–water partition coefficient (Wildman–Crippen LogP) is 3.69. The van der Waals surface area contributed by atoms with Gasteiger partial charge in [-0.15, -0.1) is 11.3 Å². The van der Waals surface area contributed by atoms with Crippen LogP contribution in [0.15, 0.2) is 33.5 Å². The van der Waals surface area contributed by atoms with Crippen LogP contribution in [-0.4, -0.2) is 5.91 Å². The highest BCUT2D eigenvalue weighted by Crippen LogP contribution is 2.21. The van der Waals surface area contributed by atoms with E-state index in [-0.39, 0.29) is 5.91 Å². The van der Waals surface area contributed by atoms with E-state index >= 15 is 0 Å². The van der Waals surface area contributed by atoms with Gasteiger partial charge in [-0.2, -0.15) is 0 Å². The van der Waals surface area contributed by atoms with Gasteiger partial charge in [0.1, 0.15) is 0 Å². The zero-order valence-electron chi connectivity index (χ0n) is 8.00. The number of amides is 1.